The summed E-state index contributed by atoms with van der Waals surface area (Å²) in [5.41, 5.74) is 6.27. The van der Waals surface area contributed by atoms with Crippen LogP contribution in [0.3, 0.4) is 0 Å². The van der Waals surface area contributed by atoms with E-state index in [-0.39, 0.29) is 11.9 Å². The first-order valence-electron chi connectivity index (χ1n) is 11.3. The Morgan fingerprint density at radius 3 is 2.88 bits per heavy atom. The predicted molar refractivity (Wildman–Crippen MR) is 132 cm³/mol. The number of likely N-dealkylation sites (tertiary alicyclic amines) is 1. The Bertz CT molecular complexity index is 1400. The van der Waals surface area contributed by atoms with Crippen LogP contribution in [0.2, 0.25) is 0 Å². The molecule has 6 rings (SSSR count). The number of aromatic nitrogens is 4. The summed E-state index contributed by atoms with van der Waals surface area (Å²) >= 11 is 1.37. The number of amides is 1. The fourth-order valence-corrected chi connectivity index (χ4v) is 6.10. The highest BCUT2D eigenvalue weighted by Gasteiger charge is 2.43. The normalized spacial score (nSPS) is 20.4. The third kappa shape index (κ3) is 3.31. The fourth-order valence-electron chi connectivity index (χ4n) is 5.45. The number of benzene rings is 2. The molecule has 2 atom stereocenters. The van der Waals surface area contributed by atoms with Gasteiger partial charge >= 0.3 is 0 Å². The molecule has 33 heavy (non-hydrogen) atoms. The van der Waals surface area contributed by atoms with Crippen LogP contribution >= 0.6 is 11.8 Å². The van der Waals surface area contributed by atoms with Crippen LogP contribution in [0, 0.1) is 6.92 Å². The van der Waals surface area contributed by atoms with Gasteiger partial charge in [0.2, 0.25) is 11.1 Å². The smallest absolute Gasteiger partial charge is 0.237 e. The number of hydrogen-bond acceptors (Lipinski definition) is 6. The molecule has 0 radical (unpaired) electrons. The molecule has 2 aromatic heterocycles. The standard InChI is InChI=1S/C25H26N6OS/c1-15-8-9-20-17(12-15)18-13-29(2)11-10-21(18)31(20)22(32)14-33-25-26-24-23(27-28-25)16-6-4-5-7-19(16)30(24)3/h4-9,12,18,21H,10-11,13-14H2,1-3H3. The van der Waals surface area contributed by atoms with Crippen molar-refractivity contribution in [3.8, 4) is 0 Å². The van der Waals surface area contributed by atoms with E-state index >= 15 is 0 Å². The number of piperidine rings is 1. The number of anilines is 1. The average molecular weight is 459 g/mol. The van der Waals surface area contributed by atoms with Crippen LogP contribution in [0.15, 0.2) is 47.6 Å². The number of para-hydroxylation sites is 1. The molecule has 0 N–H and O–H groups in total. The summed E-state index contributed by atoms with van der Waals surface area (Å²) in [6.07, 6.45) is 0.991. The third-order valence-corrected chi connectivity index (χ3v) is 7.86. The summed E-state index contributed by atoms with van der Waals surface area (Å²) in [6.45, 7) is 4.12. The van der Waals surface area contributed by atoms with Crippen LogP contribution in [0.1, 0.15) is 23.5 Å². The van der Waals surface area contributed by atoms with Gasteiger partial charge in [-0.2, -0.15) is 0 Å². The Labute approximate surface area is 196 Å². The largest absolute Gasteiger partial charge is 0.327 e. The number of hydrogen-bond donors (Lipinski definition) is 0. The van der Waals surface area contributed by atoms with Crippen LogP contribution in [0.4, 0.5) is 5.69 Å². The summed E-state index contributed by atoms with van der Waals surface area (Å²) in [4.78, 5) is 22.6. The van der Waals surface area contributed by atoms with Gasteiger partial charge < -0.3 is 14.4 Å². The Balaban J connectivity index is 1.27. The number of fused-ring (bicyclic) bond motifs is 6. The lowest BCUT2D eigenvalue weighted by atomic mass is 9.89. The number of carbonyl (C=O) groups is 1. The van der Waals surface area contributed by atoms with Crippen molar-refractivity contribution >= 4 is 45.4 Å². The summed E-state index contributed by atoms with van der Waals surface area (Å²) in [5.74, 6) is 0.782. The molecule has 4 heterocycles. The zero-order chi connectivity index (χ0) is 22.7. The molecular weight excluding hydrogens is 432 g/mol. The molecule has 1 amide bonds. The van der Waals surface area contributed by atoms with Crippen LogP contribution in [0.25, 0.3) is 22.1 Å². The molecule has 0 aliphatic carbocycles. The van der Waals surface area contributed by atoms with Crippen molar-refractivity contribution in [2.75, 3.05) is 30.8 Å². The number of carbonyl (C=O) groups excluding carboxylic acids is 1. The maximum absolute atomic E-state index is 13.5. The summed E-state index contributed by atoms with van der Waals surface area (Å²) < 4.78 is 2.04. The van der Waals surface area contributed by atoms with Crippen LogP contribution in [0.5, 0.6) is 0 Å². The maximum Gasteiger partial charge on any atom is 0.237 e. The van der Waals surface area contributed by atoms with E-state index in [1.165, 1.54) is 22.9 Å². The first kappa shape index (κ1) is 20.6. The van der Waals surface area contributed by atoms with Crippen molar-refractivity contribution in [3.05, 3.63) is 53.6 Å². The van der Waals surface area contributed by atoms with Gasteiger partial charge in [-0.15, -0.1) is 10.2 Å². The second-order valence-corrected chi connectivity index (χ2v) is 10.1. The van der Waals surface area contributed by atoms with E-state index < -0.39 is 0 Å². The van der Waals surface area contributed by atoms with Gasteiger partial charge in [-0.05, 0) is 44.6 Å². The lowest BCUT2D eigenvalue weighted by Crippen LogP contribution is -2.47. The Hall–Kier alpha value is -2.97. The lowest BCUT2D eigenvalue weighted by molar-refractivity contribution is -0.116. The van der Waals surface area contributed by atoms with Gasteiger partial charge in [-0.25, -0.2) is 4.98 Å². The van der Waals surface area contributed by atoms with Crippen molar-refractivity contribution in [2.24, 2.45) is 7.05 Å². The fraction of sp³-hybridized carbons (Fsp3) is 0.360. The SMILES string of the molecule is Cc1ccc2c(c1)C1CN(C)CCC1N2C(=O)CSc1nnc2c3ccccc3n(C)c2n1. The molecule has 2 unspecified atom stereocenters. The topological polar surface area (TPSA) is 67.2 Å². The quantitative estimate of drug-likeness (QED) is 0.436. The number of aryl methyl sites for hydroxylation is 2. The molecule has 0 saturated carbocycles. The van der Waals surface area contributed by atoms with E-state index in [4.69, 9.17) is 4.98 Å². The van der Waals surface area contributed by atoms with Gasteiger partial charge in [0.15, 0.2) is 5.65 Å². The molecule has 0 spiro atoms. The molecular formula is C25H26N6OS. The summed E-state index contributed by atoms with van der Waals surface area (Å²) in [5, 5.41) is 10.3. The van der Waals surface area contributed by atoms with E-state index in [9.17, 15) is 4.79 Å². The van der Waals surface area contributed by atoms with Crippen LogP contribution in [-0.2, 0) is 11.8 Å². The first-order chi connectivity index (χ1) is 16.0. The highest BCUT2D eigenvalue weighted by Crippen LogP contribution is 2.45. The van der Waals surface area contributed by atoms with Crippen molar-refractivity contribution in [2.45, 2.75) is 30.5 Å². The molecule has 2 aromatic carbocycles. The minimum atomic E-state index is 0.114. The van der Waals surface area contributed by atoms with E-state index in [1.54, 1.807) is 0 Å². The Morgan fingerprint density at radius 1 is 1.15 bits per heavy atom. The number of thioether (sulfide) groups is 1. The second kappa shape index (κ2) is 7.81. The molecule has 8 heteroatoms. The van der Waals surface area contributed by atoms with Crippen molar-refractivity contribution in [3.63, 3.8) is 0 Å². The molecule has 168 valence electrons. The van der Waals surface area contributed by atoms with Crippen molar-refractivity contribution in [1.29, 1.82) is 0 Å². The molecule has 2 aliphatic rings. The third-order valence-electron chi connectivity index (χ3n) is 7.03. The van der Waals surface area contributed by atoms with Crippen molar-refractivity contribution < 1.29 is 4.79 Å². The van der Waals surface area contributed by atoms with E-state index in [0.717, 1.165) is 47.3 Å². The zero-order valence-electron chi connectivity index (χ0n) is 19.0. The molecule has 1 fully saturated rings. The molecule has 0 bridgehead atoms. The van der Waals surface area contributed by atoms with Gasteiger partial charge in [0.1, 0.15) is 5.52 Å². The minimum Gasteiger partial charge on any atom is -0.327 e. The molecule has 4 aromatic rings. The average Bonchev–Trinajstić information content (AvgIpc) is 3.29. The van der Waals surface area contributed by atoms with Gasteiger partial charge in [0.05, 0.1) is 11.3 Å². The maximum atomic E-state index is 13.5. The minimum absolute atomic E-state index is 0.114. The Kier molecular flexibility index (Phi) is 4.88. The van der Waals surface area contributed by atoms with E-state index in [1.807, 2.05) is 34.7 Å². The van der Waals surface area contributed by atoms with Gasteiger partial charge in [0, 0.05) is 36.6 Å². The first-order valence-corrected chi connectivity index (χ1v) is 12.3. The van der Waals surface area contributed by atoms with Crippen LogP contribution < -0.4 is 4.90 Å². The van der Waals surface area contributed by atoms with Crippen molar-refractivity contribution in [1.82, 2.24) is 24.6 Å². The number of likely N-dealkylation sites (N-methyl/N-ethyl adjacent to an activating group) is 1. The van der Waals surface area contributed by atoms with E-state index in [2.05, 4.69) is 53.3 Å². The second-order valence-electron chi connectivity index (χ2n) is 9.18. The number of nitrogens with zero attached hydrogens (tertiary/aromatic N) is 6. The monoisotopic (exact) mass is 458 g/mol. The zero-order valence-corrected chi connectivity index (χ0v) is 19.8. The van der Waals surface area contributed by atoms with Crippen LogP contribution in [-0.4, -0.2) is 62.5 Å². The van der Waals surface area contributed by atoms with Gasteiger partial charge in [-0.3, -0.25) is 4.79 Å². The highest BCUT2D eigenvalue weighted by molar-refractivity contribution is 7.99. The number of rotatable bonds is 3. The van der Waals surface area contributed by atoms with Gasteiger partial charge in [-0.1, -0.05) is 47.7 Å². The summed E-state index contributed by atoms with van der Waals surface area (Å²) in [7, 11) is 4.15. The predicted octanol–water partition coefficient (Wildman–Crippen LogP) is 3.75. The highest BCUT2D eigenvalue weighted by atomic mass is 32.2. The van der Waals surface area contributed by atoms with Gasteiger partial charge in [0.25, 0.3) is 0 Å². The molecule has 7 nitrogen and oxygen atoms in total. The summed E-state index contributed by atoms with van der Waals surface area (Å²) in [6, 6.07) is 14.8. The molecule has 2 aliphatic heterocycles. The Morgan fingerprint density at radius 2 is 2.00 bits per heavy atom. The van der Waals surface area contributed by atoms with E-state index in [0.29, 0.717) is 16.8 Å². The lowest BCUT2D eigenvalue weighted by Gasteiger charge is -2.36. The molecule has 1 saturated heterocycles.